The number of rotatable bonds is 4. The molecule has 0 bridgehead atoms. The zero-order valence-electron chi connectivity index (χ0n) is 9.96. The van der Waals surface area contributed by atoms with Crippen molar-refractivity contribution in [3.05, 3.63) is 53.9 Å². The Labute approximate surface area is 109 Å². The number of carbonyl (C=O) groups excluding carboxylic acids is 2. The zero-order chi connectivity index (χ0) is 13.8. The summed E-state index contributed by atoms with van der Waals surface area (Å²) in [6, 6.07) is 7.86. The van der Waals surface area contributed by atoms with Gasteiger partial charge in [0.2, 0.25) is 5.91 Å². The van der Waals surface area contributed by atoms with Crippen molar-refractivity contribution in [2.75, 3.05) is 5.32 Å². The van der Waals surface area contributed by atoms with Gasteiger partial charge in [0.25, 0.3) is 5.91 Å². The van der Waals surface area contributed by atoms with Crippen LogP contribution in [0, 0.1) is 0 Å². The number of carbonyl (C=O) groups is 2. The van der Waals surface area contributed by atoms with E-state index < -0.39 is 11.8 Å². The predicted octanol–water partition coefficient (Wildman–Crippen LogP) is 1.02. The molecule has 6 heteroatoms. The number of amides is 2. The lowest BCUT2D eigenvalue weighted by molar-refractivity contribution is 0.0989. The monoisotopic (exact) mass is 256 g/mol. The molecule has 0 radical (unpaired) electrons. The Morgan fingerprint density at radius 2 is 1.68 bits per heavy atom. The number of nitrogens with one attached hydrogen (secondary N) is 1. The van der Waals surface area contributed by atoms with Gasteiger partial charge in [-0.3, -0.25) is 14.6 Å². The maximum absolute atomic E-state index is 11.3. The lowest BCUT2D eigenvalue weighted by Crippen LogP contribution is -2.16. The van der Waals surface area contributed by atoms with Crippen LogP contribution in [0.5, 0.6) is 0 Å². The molecule has 0 atom stereocenters. The third kappa shape index (κ3) is 2.86. The summed E-state index contributed by atoms with van der Waals surface area (Å²) in [5, 5.41) is 3.00. The van der Waals surface area contributed by atoms with Crippen LogP contribution in [0.2, 0.25) is 0 Å². The highest BCUT2D eigenvalue weighted by Crippen LogP contribution is 2.21. The van der Waals surface area contributed by atoms with Crippen LogP contribution >= 0.6 is 0 Å². The minimum atomic E-state index is -0.590. The van der Waals surface area contributed by atoms with Gasteiger partial charge in [0.05, 0.1) is 11.3 Å². The van der Waals surface area contributed by atoms with Crippen LogP contribution in [0.3, 0.4) is 0 Å². The molecule has 2 aromatic rings. The average molecular weight is 256 g/mol. The van der Waals surface area contributed by atoms with Gasteiger partial charge in [-0.1, -0.05) is 0 Å². The van der Waals surface area contributed by atoms with Gasteiger partial charge in [-0.25, -0.2) is 0 Å². The van der Waals surface area contributed by atoms with Crippen LogP contribution in [0.15, 0.2) is 42.7 Å². The molecule has 2 amide bonds. The molecular weight excluding hydrogens is 244 g/mol. The maximum atomic E-state index is 11.3. The van der Waals surface area contributed by atoms with Crippen LogP contribution in [0.4, 0.5) is 11.4 Å². The Kier molecular flexibility index (Phi) is 3.42. The van der Waals surface area contributed by atoms with Gasteiger partial charge in [0.1, 0.15) is 0 Å². The molecule has 1 aromatic carbocycles. The van der Waals surface area contributed by atoms with Gasteiger partial charge in [-0.2, -0.15) is 0 Å². The van der Waals surface area contributed by atoms with Crippen molar-refractivity contribution in [1.29, 1.82) is 0 Å². The van der Waals surface area contributed by atoms with Crippen molar-refractivity contribution in [2.45, 2.75) is 0 Å². The quantitative estimate of drug-likeness (QED) is 0.758. The molecule has 0 aliphatic heterocycles. The van der Waals surface area contributed by atoms with E-state index in [1.165, 1.54) is 18.2 Å². The summed E-state index contributed by atoms with van der Waals surface area (Å²) in [6.45, 7) is 0. The fraction of sp³-hybridized carbons (Fsp3) is 0. The highest BCUT2D eigenvalue weighted by atomic mass is 16.1. The lowest BCUT2D eigenvalue weighted by atomic mass is 10.1. The molecule has 0 unspecified atom stereocenters. The number of hydrogen-bond acceptors (Lipinski definition) is 4. The second kappa shape index (κ2) is 5.18. The van der Waals surface area contributed by atoms with Crippen LogP contribution < -0.4 is 16.8 Å². The van der Waals surface area contributed by atoms with Crippen LogP contribution in [-0.2, 0) is 0 Å². The molecule has 0 aliphatic rings. The minimum absolute atomic E-state index is 0.279. The molecule has 0 fully saturated rings. The number of anilines is 2. The van der Waals surface area contributed by atoms with E-state index in [0.29, 0.717) is 11.3 Å². The highest BCUT2D eigenvalue weighted by Gasteiger charge is 2.11. The van der Waals surface area contributed by atoms with E-state index in [4.69, 9.17) is 11.5 Å². The summed E-state index contributed by atoms with van der Waals surface area (Å²) in [5.41, 5.74) is 12.2. The number of nitrogens with two attached hydrogens (primary N) is 2. The van der Waals surface area contributed by atoms with Crippen molar-refractivity contribution in [3.8, 4) is 0 Å². The second-order valence-electron chi connectivity index (χ2n) is 3.85. The maximum Gasteiger partial charge on any atom is 0.250 e. The smallest absolute Gasteiger partial charge is 0.250 e. The summed E-state index contributed by atoms with van der Waals surface area (Å²) >= 11 is 0. The Morgan fingerprint density at radius 1 is 1.00 bits per heavy atom. The summed E-state index contributed by atoms with van der Waals surface area (Å²) < 4.78 is 0. The van der Waals surface area contributed by atoms with Crippen molar-refractivity contribution in [3.63, 3.8) is 0 Å². The fourth-order valence-electron chi connectivity index (χ4n) is 1.61. The molecule has 96 valence electrons. The summed E-state index contributed by atoms with van der Waals surface area (Å²) in [4.78, 5) is 26.4. The van der Waals surface area contributed by atoms with Crippen LogP contribution in [0.25, 0.3) is 0 Å². The first-order valence-corrected chi connectivity index (χ1v) is 5.48. The second-order valence-corrected chi connectivity index (χ2v) is 3.85. The number of benzene rings is 1. The first-order valence-electron chi connectivity index (χ1n) is 5.48. The van der Waals surface area contributed by atoms with Gasteiger partial charge in [0, 0.05) is 23.6 Å². The molecule has 1 aromatic heterocycles. The fourth-order valence-corrected chi connectivity index (χ4v) is 1.61. The Balaban J connectivity index is 2.43. The van der Waals surface area contributed by atoms with E-state index >= 15 is 0 Å². The standard InChI is InChI=1S/C13H12N4O2/c14-12(18)8-1-2-10(13(15)19)11(7-8)17-9-3-5-16-6-4-9/h1-7H,(H2,14,18)(H2,15,19)(H,16,17). The molecule has 5 N–H and O–H groups in total. The van der Waals surface area contributed by atoms with Gasteiger partial charge in [0.15, 0.2) is 0 Å². The van der Waals surface area contributed by atoms with E-state index in [1.54, 1.807) is 24.5 Å². The van der Waals surface area contributed by atoms with E-state index in [2.05, 4.69) is 10.3 Å². The van der Waals surface area contributed by atoms with Crippen molar-refractivity contribution in [1.82, 2.24) is 4.98 Å². The number of pyridine rings is 1. The van der Waals surface area contributed by atoms with Crippen molar-refractivity contribution in [2.24, 2.45) is 11.5 Å². The minimum Gasteiger partial charge on any atom is -0.366 e. The first kappa shape index (κ1) is 12.6. The SMILES string of the molecule is NC(=O)c1ccc(C(N)=O)c(Nc2ccncc2)c1. The van der Waals surface area contributed by atoms with Gasteiger partial charge in [-0.15, -0.1) is 0 Å². The first-order chi connectivity index (χ1) is 9.08. The molecule has 0 spiro atoms. The molecule has 0 saturated heterocycles. The molecule has 2 rings (SSSR count). The largest absolute Gasteiger partial charge is 0.366 e. The number of primary amides is 2. The summed E-state index contributed by atoms with van der Waals surface area (Å²) in [7, 11) is 0. The van der Waals surface area contributed by atoms with Gasteiger partial charge in [-0.05, 0) is 30.3 Å². The molecule has 0 saturated carbocycles. The van der Waals surface area contributed by atoms with Gasteiger partial charge >= 0.3 is 0 Å². The summed E-state index contributed by atoms with van der Waals surface area (Å²) in [5.74, 6) is -1.17. The summed E-state index contributed by atoms with van der Waals surface area (Å²) in [6.07, 6.45) is 3.20. The van der Waals surface area contributed by atoms with Crippen LogP contribution in [0.1, 0.15) is 20.7 Å². The van der Waals surface area contributed by atoms with E-state index in [1.807, 2.05) is 0 Å². The highest BCUT2D eigenvalue weighted by molar-refractivity contribution is 6.02. The Hall–Kier alpha value is -2.89. The number of nitrogens with zero attached hydrogens (tertiary/aromatic N) is 1. The third-order valence-corrected chi connectivity index (χ3v) is 2.53. The predicted molar refractivity (Wildman–Crippen MR) is 71.0 cm³/mol. The third-order valence-electron chi connectivity index (χ3n) is 2.53. The van der Waals surface area contributed by atoms with Crippen molar-refractivity contribution < 1.29 is 9.59 Å². The molecule has 19 heavy (non-hydrogen) atoms. The molecule has 1 heterocycles. The zero-order valence-corrected chi connectivity index (χ0v) is 9.96. The van der Waals surface area contributed by atoms with Gasteiger partial charge < -0.3 is 16.8 Å². The number of aromatic nitrogens is 1. The Morgan fingerprint density at radius 3 is 2.26 bits per heavy atom. The molecule has 0 aliphatic carbocycles. The van der Waals surface area contributed by atoms with E-state index in [0.717, 1.165) is 5.69 Å². The van der Waals surface area contributed by atoms with E-state index in [-0.39, 0.29) is 5.56 Å². The average Bonchev–Trinajstić information content (AvgIpc) is 2.39. The van der Waals surface area contributed by atoms with E-state index in [9.17, 15) is 9.59 Å². The molecular formula is C13H12N4O2. The normalized spacial score (nSPS) is 9.89. The topological polar surface area (TPSA) is 111 Å². The Bertz CT molecular complexity index is 626. The van der Waals surface area contributed by atoms with Crippen molar-refractivity contribution >= 4 is 23.2 Å². The lowest BCUT2D eigenvalue weighted by Gasteiger charge is -2.11. The number of hydrogen-bond donors (Lipinski definition) is 3. The van der Waals surface area contributed by atoms with Crippen LogP contribution in [-0.4, -0.2) is 16.8 Å². The molecule has 6 nitrogen and oxygen atoms in total.